The quantitative estimate of drug-likeness (QED) is 0.796. The average Bonchev–Trinajstić information content (AvgIpc) is 2.82. The predicted octanol–water partition coefficient (Wildman–Crippen LogP) is 3.36. The van der Waals surface area contributed by atoms with Crippen LogP contribution in [-0.4, -0.2) is 12.9 Å². The molecule has 2 rings (SSSR count). The maximum atomic E-state index is 13.7. The summed E-state index contributed by atoms with van der Waals surface area (Å²) in [5, 5.41) is 0. The molecule has 1 heterocycles. The number of carbonyl (C=O) groups is 1. The molecule has 0 saturated heterocycles. The summed E-state index contributed by atoms with van der Waals surface area (Å²) >= 11 is 0. The molecule has 3 nitrogen and oxygen atoms in total. The minimum atomic E-state index is -0.641. The van der Waals surface area contributed by atoms with Crippen molar-refractivity contribution in [3.8, 4) is 5.75 Å². The highest BCUT2D eigenvalue weighted by molar-refractivity contribution is 5.91. The summed E-state index contributed by atoms with van der Waals surface area (Å²) in [6.45, 7) is 1.37. The molecule has 5 heteroatoms. The van der Waals surface area contributed by atoms with E-state index in [4.69, 9.17) is 4.42 Å². The molecule has 0 aliphatic heterocycles. The summed E-state index contributed by atoms with van der Waals surface area (Å²) in [7, 11) is 1.27. The zero-order chi connectivity index (χ0) is 14.0. The molecule has 1 aromatic carbocycles. The van der Waals surface area contributed by atoms with Gasteiger partial charge in [0.25, 0.3) is 0 Å². The van der Waals surface area contributed by atoms with E-state index in [1.807, 2.05) is 0 Å². The van der Waals surface area contributed by atoms with E-state index in [2.05, 4.69) is 4.74 Å². The molecule has 0 N–H and O–H groups in total. The number of rotatable bonds is 4. The molecule has 1 aromatic heterocycles. The van der Waals surface area contributed by atoms with Crippen LogP contribution in [0.15, 0.2) is 28.7 Å². The molecular weight excluding hydrogens is 254 g/mol. The molecule has 0 atom stereocenters. The number of hydrogen-bond acceptors (Lipinski definition) is 3. The second kappa shape index (κ2) is 5.22. The zero-order valence-corrected chi connectivity index (χ0v) is 10.5. The number of Topliss-reactive ketones (excluding diaryl/α,β-unsaturated/α-hetero) is 1. The third-order valence-corrected chi connectivity index (χ3v) is 2.69. The Labute approximate surface area is 108 Å². The average molecular weight is 266 g/mol. The number of benzene rings is 1. The van der Waals surface area contributed by atoms with Crippen molar-refractivity contribution in [2.24, 2.45) is 0 Å². The number of ketones is 1. The van der Waals surface area contributed by atoms with Gasteiger partial charge in [-0.1, -0.05) is 0 Å². The van der Waals surface area contributed by atoms with Crippen LogP contribution in [0.1, 0.15) is 28.8 Å². The molecule has 0 amide bonds. The number of hydrogen-bond donors (Lipinski definition) is 0. The molecule has 2 aromatic rings. The van der Waals surface area contributed by atoms with Crippen molar-refractivity contribution in [2.75, 3.05) is 7.11 Å². The van der Waals surface area contributed by atoms with Crippen LogP contribution < -0.4 is 4.74 Å². The highest BCUT2D eigenvalue weighted by Gasteiger charge is 2.13. The second-order valence-corrected chi connectivity index (χ2v) is 4.08. The van der Waals surface area contributed by atoms with Gasteiger partial charge in [0.1, 0.15) is 11.6 Å². The third-order valence-electron chi connectivity index (χ3n) is 2.69. The number of halogens is 2. The van der Waals surface area contributed by atoms with Crippen molar-refractivity contribution < 1.29 is 22.7 Å². The molecular formula is C14H12F2O3. The Balaban J connectivity index is 2.27. The molecule has 100 valence electrons. The standard InChI is InChI=1S/C14H12F2O3/c1-8(17)13-4-3-10(19-13)5-9-6-12(16)14(18-2)7-11(9)15/h3-4,6-7H,5H2,1-2H3. The summed E-state index contributed by atoms with van der Waals surface area (Å²) < 4.78 is 37.1. The van der Waals surface area contributed by atoms with Crippen molar-refractivity contribution in [3.63, 3.8) is 0 Å². The molecule has 0 radical (unpaired) electrons. The maximum Gasteiger partial charge on any atom is 0.194 e. The van der Waals surface area contributed by atoms with E-state index in [1.54, 1.807) is 6.07 Å². The normalized spacial score (nSPS) is 10.5. The number of furan rings is 1. The lowest BCUT2D eigenvalue weighted by Crippen LogP contribution is -1.96. The van der Waals surface area contributed by atoms with Crippen molar-refractivity contribution >= 4 is 5.78 Å². The Morgan fingerprint density at radius 3 is 2.58 bits per heavy atom. The van der Waals surface area contributed by atoms with Crippen LogP contribution in [0, 0.1) is 11.6 Å². The minimum absolute atomic E-state index is 0.0695. The van der Waals surface area contributed by atoms with Gasteiger partial charge in [-0.05, 0) is 23.8 Å². The summed E-state index contributed by atoms with van der Waals surface area (Å²) in [5.41, 5.74) is 0.141. The van der Waals surface area contributed by atoms with Crippen LogP contribution in [-0.2, 0) is 6.42 Å². The Morgan fingerprint density at radius 1 is 1.26 bits per heavy atom. The van der Waals surface area contributed by atoms with Gasteiger partial charge in [-0.25, -0.2) is 8.78 Å². The maximum absolute atomic E-state index is 13.7. The van der Waals surface area contributed by atoms with Gasteiger partial charge in [0.2, 0.25) is 0 Å². The fourth-order valence-corrected chi connectivity index (χ4v) is 1.71. The van der Waals surface area contributed by atoms with Gasteiger partial charge in [-0.15, -0.1) is 0 Å². The fraction of sp³-hybridized carbons (Fsp3) is 0.214. The van der Waals surface area contributed by atoms with Crippen LogP contribution >= 0.6 is 0 Å². The second-order valence-electron chi connectivity index (χ2n) is 4.08. The summed E-state index contributed by atoms with van der Waals surface area (Å²) in [6, 6.07) is 5.12. The predicted molar refractivity (Wildman–Crippen MR) is 64.4 cm³/mol. The number of carbonyl (C=O) groups excluding carboxylic acids is 1. The minimum Gasteiger partial charge on any atom is -0.494 e. The molecule has 0 fully saturated rings. The highest BCUT2D eigenvalue weighted by Crippen LogP contribution is 2.23. The van der Waals surface area contributed by atoms with E-state index in [1.165, 1.54) is 20.1 Å². The number of methoxy groups -OCH3 is 1. The first-order valence-corrected chi connectivity index (χ1v) is 5.63. The van der Waals surface area contributed by atoms with E-state index >= 15 is 0 Å². The molecule has 0 aliphatic rings. The van der Waals surface area contributed by atoms with Crippen LogP contribution in [0.4, 0.5) is 8.78 Å². The zero-order valence-electron chi connectivity index (χ0n) is 10.5. The SMILES string of the molecule is COc1cc(F)c(Cc2ccc(C(C)=O)o2)cc1F. The van der Waals surface area contributed by atoms with E-state index < -0.39 is 11.6 Å². The highest BCUT2D eigenvalue weighted by atomic mass is 19.1. The molecule has 0 bridgehead atoms. The van der Waals surface area contributed by atoms with E-state index in [-0.39, 0.29) is 29.3 Å². The third kappa shape index (κ3) is 2.81. The van der Waals surface area contributed by atoms with Crippen molar-refractivity contribution in [3.05, 3.63) is 53.0 Å². The first-order chi connectivity index (χ1) is 9.01. The van der Waals surface area contributed by atoms with Gasteiger partial charge < -0.3 is 9.15 Å². The van der Waals surface area contributed by atoms with Crippen molar-refractivity contribution in [1.82, 2.24) is 0 Å². The lowest BCUT2D eigenvalue weighted by Gasteiger charge is -2.06. The first kappa shape index (κ1) is 13.3. The van der Waals surface area contributed by atoms with Crippen LogP contribution in [0.3, 0.4) is 0 Å². The number of ether oxygens (including phenoxy) is 1. The Hall–Kier alpha value is -2.17. The van der Waals surface area contributed by atoms with Crippen LogP contribution in [0.2, 0.25) is 0 Å². The van der Waals surface area contributed by atoms with E-state index in [0.717, 1.165) is 12.1 Å². The Morgan fingerprint density at radius 2 is 2.00 bits per heavy atom. The molecule has 19 heavy (non-hydrogen) atoms. The van der Waals surface area contributed by atoms with Gasteiger partial charge in [-0.3, -0.25) is 4.79 Å². The summed E-state index contributed by atoms with van der Waals surface area (Å²) in [6.07, 6.45) is 0.0695. The molecule has 0 aliphatic carbocycles. The molecule has 0 saturated carbocycles. The van der Waals surface area contributed by atoms with E-state index in [9.17, 15) is 13.6 Å². The van der Waals surface area contributed by atoms with Crippen LogP contribution in [0.5, 0.6) is 5.75 Å². The smallest absolute Gasteiger partial charge is 0.194 e. The van der Waals surface area contributed by atoms with Gasteiger partial charge in [-0.2, -0.15) is 0 Å². The van der Waals surface area contributed by atoms with Gasteiger partial charge in [0.15, 0.2) is 23.1 Å². The first-order valence-electron chi connectivity index (χ1n) is 5.63. The Bertz CT molecular complexity index is 617. The largest absolute Gasteiger partial charge is 0.494 e. The van der Waals surface area contributed by atoms with E-state index in [0.29, 0.717) is 5.76 Å². The van der Waals surface area contributed by atoms with Crippen LogP contribution in [0.25, 0.3) is 0 Å². The fourth-order valence-electron chi connectivity index (χ4n) is 1.71. The molecule has 0 unspecified atom stereocenters. The lowest BCUT2D eigenvalue weighted by molar-refractivity contribution is 0.0985. The van der Waals surface area contributed by atoms with Gasteiger partial charge in [0, 0.05) is 19.4 Å². The van der Waals surface area contributed by atoms with Gasteiger partial charge in [0.05, 0.1) is 7.11 Å². The summed E-state index contributed by atoms with van der Waals surface area (Å²) in [5.74, 6) is -0.993. The monoisotopic (exact) mass is 266 g/mol. The summed E-state index contributed by atoms with van der Waals surface area (Å²) in [4.78, 5) is 11.1. The Kier molecular flexibility index (Phi) is 3.64. The molecule has 0 spiro atoms. The van der Waals surface area contributed by atoms with Crippen molar-refractivity contribution in [1.29, 1.82) is 0 Å². The van der Waals surface area contributed by atoms with Gasteiger partial charge >= 0.3 is 0 Å². The lowest BCUT2D eigenvalue weighted by atomic mass is 10.1. The topological polar surface area (TPSA) is 39.4 Å². The van der Waals surface area contributed by atoms with Crippen molar-refractivity contribution in [2.45, 2.75) is 13.3 Å².